The first-order chi connectivity index (χ1) is 27.5. The predicted octanol–water partition coefficient (Wildman–Crippen LogP) is 10.5. The number of amides is 1. The van der Waals surface area contributed by atoms with Crippen molar-refractivity contribution in [3.63, 3.8) is 0 Å². The van der Waals surface area contributed by atoms with Gasteiger partial charge in [-0.05, 0) is 77.6 Å². The summed E-state index contributed by atoms with van der Waals surface area (Å²) in [5, 5.41) is 5.06. The number of fused-ring (bicyclic) bond motifs is 3. The fourth-order valence-electron chi connectivity index (χ4n) is 7.81. The molecule has 11 nitrogen and oxygen atoms in total. The summed E-state index contributed by atoms with van der Waals surface area (Å²) in [4.78, 5) is 28.2. The molecule has 314 valence electrons. The zero-order chi connectivity index (χ0) is 41.7. The molecule has 0 radical (unpaired) electrons. The van der Waals surface area contributed by atoms with Gasteiger partial charge in [0.2, 0.25) is 0 Å². The molecule has 2 aliphatic rings. The Morgan fingerprint density at radius 2 is 1.52 bits per heavy atom. The molecular weight excluding hydrogens is 761 g/mol. The van der Waals surface area contributed by atoms with Gasteiger partial charge in [-0.15, -0.1) is 0 Å². The van der Waals surface area contributed by atoms with Crippen molar-refractivity contribution in [2.45, 2.75) is 128 Å². The van der Waals surface area contributed by atoms with Gasteiger partial charge in [-0.2, -0.15) is 9.61 Å². The van der Waals surface area contributed by atoms with Crippen LogP contribution in [0.2, 0.25) is 51.4 Å². The lowest BCUT2D eigenvalue weighted by Gasteiger charge is -2.40. The number of aromatic nitrogens is 4. The second-order valence-corrected chi connectivity index (χ2v) is 30.5. The Balaban J connectivity index is 1.48. The molecule has 2 saturated heterocycles. The molecule has 1 amide bonds. The van der Waals surface area contributed by atoms with Crippen LogP contribution in [0.3, 0.4) is 0 Å². The van der Waals surface area contributed by atoms with E-state index in [4.69, 9.17) is 34.0 Å². The Hall–Kier alpha value is -4.05. The molecule has 2 fully saturated rings. The summed E-state index contributed by atoms with van der Waals surface area (Å²) in [5.41, 5.74) is 5.86. The van der Waals surface area contributed by atoms with Gasteiger partial charge >= 0.3 is 6.09 Å². The number of pyridine rings is 1. The smallest absolute Gasteiger partial charge is 0.410 e. The zero-order valence-corrected chi connectivity index (χ0v) is 38.6. The largest absolute Gasteiger partial charge is 0.501 e. The summed E-state index contributed by atoms with van der Waals surface area (Å²) in [6.07, 6.45) is 10.9. The maximum Gasteiger partial charge on any atom is 0.410 e. The zero-order valence-electron chi connectivity index (χ0n) is 36.6. The van der Waals surface area contributed by atoms with Crippen molar-refractivity contribution in [1.29, 1.82) is 0 Å². The SMILES string of the molecule is CCOC=Cc1c(C2CC3CCC(C2)N3C(=O)OC(C)(C)C)nc2c(-c3ccc(-c4ccccc4)nc3)cnn2c1N(COCC[Si](C)(C)C)COCC[Si](C)(C)C. The standard InChI is InChI=1S/C45H66N6O5Si2/c1-11-53-22-21-38-41(35-27-36-18-19-37(28-35)50(36)44(52)56-45(2,3)4)48-42-39(34-17-20-40(46-29-34)33-15-13-12-14-16-33)30-47-51(42)43(38)49(31-54-23-25-57(5,6)7)32-55-24-26-58(8,9)10/h12-17,20-22,29-30,35-37H,11,18-19,23-28,31-32H2,1-10H3. The third kappa shape index (κ3) is 11.2. The Labute approximate surface area is 348 Å². The van der Waals surface area contributed by atoms with Crippen LogP contribution in [0.5, 0.6) is 0 Å². The minimum atomic E-state index is -1.33. The van der Waals surface area contributed by atoms with E-state index in [-0.39, 0.29) is 24.1 Å². The predicted molar refractivity (Wildman–Crippen MR) is 240 cm³/mol. The molecule has 0 aliphatic carbocycles. The van der Waals surface area contributed by atoms with Crippen LogP contribution in [0.15, 0.2) is 61.1 Å². The molecule has 6 rings (SSSR count). The molecule has 0 spiro atoms. The Morgan fingerprint density at radius 1 is 0.879 bits per heavy atom. The van der Waals surface area contributed by atoms with E-state index in [1.165, 1.54) is 0 Å². The van der Waals surface area contributed by atoms with Crippen molar-refractivity contribution in [2.24, 2.45) is 0 Å². The molecule has 13 heteroatoms. The topological polar surface area (TPSA) is 104 Å². The summed E-state index contributed by atoms with van der Waals surface area (Å²) in [6, 6.07) is 16.6. The van der Waals surface area contributed by atoms with Gasteiger partial charge in [0, 0.05) is 75.8 Å². The van der Waals surface area contributed by atoms with Crippen LogP contribution in [-0.4, -0.2) is 97.7 Å². The minimum absolute atomic E-state index is 0.0637. The number of piperidine rings is 1. The summed E-state index contributed by atoms with van der Waals surface area (Å²) >= 11 is 0. The fourth-order valence-corrected chi connectivity index (χ4v) is 9.32. The minimum Gasteiger partial charge on any atom is -0.501 e. The quantitative estimate of drug-likeness (QED) is 0.0445. The fraction of sp³-hybridized carbons (Fsp3) is 0.556. The van der Waals surface area contributed by atoms with Gasteiger partial charge in [-0.25, -0.2) is 9.78 Å². The average Bonchev–Trinajstić information content (AvgIpc) is 3.70. The lowest BCUT2D eigenvalue weighted by Crippen LogP contribution is -2.48. The molecule has 3 aromatic heterocycles. The van der Waals surface area contributed by atoms with Crippen molar-refractivity contribution in [3.05, 3.63) is 72.4 Å². The molecule has 0 saturated carbocycles. The van der Waals surface area contributed by atoms with E-state index in [0.717, 1.165) is 82.9 Å². The third-order valence-corrected chi connectivity index (χ3v) is 14.2. The number of anilines is 1. The lowest BCUT2D eigenvalue weighted by molar-refractivity contribution is 0.00568. The van der Waals surface area contributed by atoms with Crippen molar-refractivity contribution < 1.29 is 23.7 Å². The van der Waals surface area contributed by atoms with Crippen LogP contribution in [0, 0.1) is 0 Å². The van der Waals surface area contributed by atoms with Crippen molar-refractivity contribution in [3.8, 4) is 22.4 Å². The molecular formula is C45H66N6O5Si2. The van der Waals surface area contributed by atoms with Crippen LogP contribution < -0.4 is 4.90 Å². The highest BCUT2D eigenvalue weighted by molar-refractivity contribution is 6.76. The number of hydrogen-bond acceptors (Lipinski definition) is 9. The lowest BCUT2D eigenvalue weighted by atomic mass is 9.86. The molecule has 58 heavy (non-hydrogen) atoms. The Morgan fingerprint density at radius 3 is 2.07 bits per heavy atom. The van der Waals surface area contributed by atoms with Crippen LogP contribution in [0.1, 0.15) is 70.6 Å². The van der Waals surface area contributed by atoms with Crippen LogP contribution >= 0.6 is 0 Å². The maximum absolute atomic E-state index is 13.5. The van der Waals surface area contributed by atoms with E-state index in [9.17, 15) is 4.79 Å². The van der Waals surface area contributed by atoms with E-state index in [0.29, 0.717) is 33.3 Å². The number of benzene rings is 1. The highest BCUT2D eigenvalue weighted by Gasteiger charge is 2.46. The van der Waals surface area contributed by atoms with Crippen molar-refractivity contribution >= 4 is 39.8 Å². The molecule has 5 heterocycles. The van der Waals surface area contributed by atoms with Gasteiger partial charge in [0.05, 0.1) is 30.5 Å². The van der Waals surface area contributed by atoms with E-state index < -0.39 is 21.7 Å². The van der Waals surface area contributed by atoms with Gasteiger partial charge in [0.15, 0.2) is 5.65 Å². The van der Waals surface area contributed by atoms with E-state index in [1.54, 1.807) is 6.26 Å². The highest BCUT2D eigenvalue weighted by Crippen LogP contribution is 2.46. The maximum atomic E-state index is 13.5. The normalized spacial score (nSPS) is 18.7. The van der Waals surface area contributed by atoms with Crippen molar-refractivity contribution in [1.82, 2.24) is 24.5 Å². The van der Waals surface area contributed by atoms with Gasteiger partial charge in [0.1, 0.15) is 24.9 Å². The third-order valence-electron chi connectivity index (χ3n) is 10.8. The summed E-state index contributed by atoms with van der Waals surface area (Å²) < 4.78 is 26.8. The number of ether oxygens (including phenoxy) is 4. The molecule has 2 bridgehead atoms. The first-order valence-corrected chi connectivity index (χ1v) is 28.6. The Kier molecular flexibility index (Phi) is 13.9. The second-order valence-electron chi connectivity index (χ2n) is 19.3. The number of carbonyl (C=O) groups is 1. The summed E-state index contributed by atoms with van der Waals surface area (Å²) in [6.45, 7) is 24.5. The van der Waals surface area contributed by atoms with E-state index >= 15 is 0 Å². The number of rotatable bonds is 17. The monoisotopic (exact) mass is 826 g/mol. The van der Waals surface area contributed by atoms with Gasteiger partial charge in [-0.1, -0.05) is 75.7 Å². The molecule has 2 atom stereocenters. The molecule has 2 aliphatic heterocycles. The number of carbonyl (C=O) groups excluding carboxylic acids is 1. The Bertz CT molecular complexity index is 1970. The van der Waals surface area contributed by atoms with Crippen LogP contribution in [0.25, 0.3) is 34.1 Å². The van der Waals surface area contributed by atoms with Crippen LogP contribution in [0.4, 0.5) is 10.6 Å². The van der Waals surface area contributed by atoms with Gasteiger partial charge in [-0.3, -0.25) is 4.98 Å². The number of hydrogen-bond donors (Lipinski definition) is 0. The first-order valence-electron chi connectivity index (χ1n) is 21.1. The first kappa shape index (κ1) is 43.5. The molecule has 4 aromatic rings. The summed E-state index contributed by atoms with van der Waals surface area (Å²) in [5.74, 6) is 0.920. The van der Waals surface area contributed by atoms with Gasteiger partial charge in [0.25, 0.3) is 0 Å². The van der Waals surface area contributed by atoms with E-state index in [2.05, 4.69) is 68.4 Å². The summed E-state index contributed by atoms with van der Waals surface area (Å²) in [7, 11) is -2.66. The molecule has 1 aromatic carbocycles. The average molecular weight is 827 g/mol. The molecule has 0 N–H and O–H groups in total. The number of nitrogens with zero attached hydrogens (tertiary/aromatic N) is 6. The second kappa shape index (κ2) is 18.5. The van der Waals surface area contributed by atoms with Gasteiger partial charge < -0.3 is 28.7 Å². The molecule has 2 unspecified atom stereocenters. The van der Waals surface area contributed by atoms with E-state index in [1.807, 2.05) is 73.8 Å². The van der Waals surface area contributed by atoms with Crippen LogP contribution in [-0.2, 0) is 18.9 Å². The van der Waals surface area contributed by atoms with Crippen molar-refractivity contribution in [2.75, 3.05) is 38.2 Å². The highest BCUT2D eigenvalue weighted by atomic mass is 28.3.